The van der Waals surface area contributed by atoms with Crippen LogP contribution in [0.1, 0.15) is 22.7 Å². The van der Waals surface area contributed by atoms with Gasteiger partial charge >= 0.3 is 0 Å². The van der Waals surface area contributed by atoms with E-state index in [1.807, 2.05) is 18.2 Å². The highest BCUT2D eigenvalue weighted by atomic mass is 79.9. The third-order valence-corrected chi connectivity index (χ3v) is 6.15. The number of nitrogens with zero attached hydrogens (tertiary/aromatic N) is 4. The fraction of sp³-hybridized carbons (Fsp3) is 0.421. The standard InChI is InChI=1S/C19H21BrN4O3S/c1-13-11-16(27-22-13)18(25)24(6-2-5-23-7-9-26-10-8-23)19-21-15-4-3-14(20)12-17(15)28-19/h3-4,11-12H,2,5-10H2,1H3. The van der Waals surface area contributed by atoms with Crippen molar-refractivity contribution in [1.29, 1.82) is 0 Å². The van der Waals surface area contributed by atoms with E-state index in [9.17, 15) is 4.79 Å². The Morgan fingerprint density at radius 2 is 2.14 bits per heavy atom. The lowest BCUT2D eigenvalue weighted by atomic mass is 10.3. The minimum Gasteiger partial charge on any atom is -0.379 e. The normalized spacial score (nSPS) is 15.2. The van der Waals surface area contributed by atoms with Gasteiger partial charge in [0.1, 0.15) is 0 Å². The highest BCUT2D eigenvalue weighted by Crippen LogP contribution is 2.31. The molecule has 9 heteroatoms. The van der Waals surface area contributed by atoms with Gasteiger partial charge in [-0.3, -0.25) is 14.6 Å². The summed E-state index contributed by atoms with van der Waals surface area (Å²) in [7, 11) is 0. The smallest absolute Gasteiger partial charge is 0.298 e. The fourth-order valence-corrected chi connectivity index (χ4v) is 4.70. The van der Waals surface area contributed by atoms with Crippen LogP contribution in [0.4, 0.5) is 5.13 Å². The summed E-state index contributed by atoms with van der Waals surface area (Å²) in [5.41, 5.74) is 1.56. The van der Waals surface area contributed by atoms with Gasteiger partial charge in [-0.2, -0.15) is 0 Å². The summed E-state index contributed by atoms with van der Waals surface area (Å²) in [5, 5.41) is 4.53. The molecule has 7 nitrogen and oxygen atoms in total. The van der Waals surface area contributed by atoms with E-state index in [1.54, 1.807) is 17.9 Å². The molecule has 28 heavy (non-hydrogen) atoms. The average Bonchev–Trinajstić information content (AvgIpc) is 3.31. The largest absolute Gasteiger partial charge is 0.379 e. The Balaban J connectivity index is 1.55. The molecule has 3 heterocycles. The number of fused-ring (bicyclic) bond motifs is 1. The topological polar surface area (TPSA) is 71.7 Å². The van der Waals surface area contributed by atoms with Crippen LogP contribution in [0.25, 0.3) is 10.2 Å². The van der Waals surface area contributed by atoms with E-state index in [4.69, 9.17) is 9.26 Å². The number of carbonyl (C=O) groups is 1. The lowest BCUT2D eigenvalue weighted by Crippen LogP contribution is -2.39. The first kappa shape index (κ1) is 19.5. The second-order valence-corrected chi connectivity index (χ2v) is 8.63. The van der Waals surface area contributed by atoms with Gasteiger partial charge in [-0.25, -0.2) is 4.98 Å². The van der Waals surface area contributed by atoms with Crippen LogP contribution in [0.2, 0.25) is 0 Å². The Labute approximate surface area is 175 Å². The number of aryl methyl sites for hydroxylation is 1. The molecule has 0 aliphatic carbocycles. The minimum atomic E-state index is -0.208. The van der Waals surface area contributed by atoms with Crippen LogP contribution in [-0.4, -0.2) is 60.3 Å². The molecule has 0 spiro atoms. The first-order chi connectivity index (χ1) is 13.6. The Morgan fingerprint density at radius 1 is 1.32 bits per heavy atom. The van der Waals surface area contributed by atoms with Gasteiger partial charge in [-0.15, -0.1) is 0 Å². The molecule has 0 N–H and O–H groups in total. The van der Waals surface area contributed by atoms with Gasteiger partial charge in [0.25, 0.3) is 5.91 Å². The Morgan fingerprint density at radius 3 is 2.89 bits per heavy atom. The van der Waals surface area contributed by atoms with E-state index in [0.717, 1.165) is 54.0 Å². The highest BCUT2D eigenvalue weighted by molar-refractivity contribution is 9.10. The Bertz CT molecular complexity index is 967. The number of amides is 1. The number of hydrogen-bond acceptors (Lipinski definition) is 7. The molecule has 1 fully saturated rings. The van der Waals surface area contributed by atoms with E-state index >= 15 is 0 Å². The van der Waals surface area contributed by atoms with E-state index in [2.05, 4.69) is 31.0 Å². The molecule has 1 aliphatic rings. The van der Waals surface area contributed by atoms with Crippen molar-refractivity contribution >= 4 is 48.5 Å². The monoisotopic (exact) mass is 464 g/mol. The van der Waals surface area contributed by atoms with Gasteiger partial charge in [0.05, 0.1) is 29.1 Å². The summed E-state index contributed by atoms with van der Waals surface area (Å²) in [6.07, 6.45) is 0.846. The minimum absolute atomic E-state index is 0.208. The quantitative estimate of drug-likeness (QED) is 0.553. The maximum atomic E-state index is 13.1. The summed E-state index contributed by atoms with van der Waals surface area (Å²) in [5.74, 6) is 0.0324. The molecule has 0 bridgehead atoms. The van der Waals surface area contributed by atoms with Crippen LogP contribution >= 0.6 is 27.3 Å². The molecule has 4 rings (SSSR count). The number of ether oxygens (including phenoxy) is 1. The summed E-state index contributed by atoms with van der Waals surface area (Å²) in [6.45, 7) is 6.70. The van der Waals surface area contributed by atoms with Gasteiger partial charge in [0.15, 0.2) is 5.13 Å². The average molecular weight is 465 g/mol. The van der Waals surface area contributed by atoms with E-state index in [0.29, 0.717) is 17.4 Å². The SMILES string of the molecule is Cc1cc(C(=O)N(CCCN2CCOCC2)c2nc3ccc(Br)cc3s2)on1. The van der Waals surface area contributed by atoms with Crippen molar-refractivity contribution < 1.29 is 14.1 Å². The molecule has 148 valence electrons. The third-order valence-electron chi connectivity index (χ3n) is 4.61. The zero-order chi connectivity index (χ0) is 19.5. The van der Waals surface area contributed by atoms with Gasteiger partial charge < -0.3 is 9.26 Å². The van der Waals surface area contributed by atoms with E-state index in [1.165, 1.54) is 11.3 Å². The molecule has 0 saturated carbocycles. The first-order valence-electron chi connectivity index (χ1n) is 9.21. The van der Waals surface area contributed by atoms with Crippen LogP contribution in [0, 0.1) is 6.92 Å². The number of thiazole rings is 1. The molecule has 0 unspecified atom stereocenters. The van der Waals surface area contributed by atoms with Gasteiger partial charge in [-0.05, 0) is 31.5 Å². The molecule has 1 amide bonds. The predicted octanol–water partition coefficient (Wildman–Crippen LogP) is 3.72. The number of rotatable bonds is 6. The fourth-order valence-electron chi connectivity index (χ4n) is 3.16. The van der Waals surface area contributed by atoms with Crippen LogP contribution in [0.3, 0.4) is 0 Å². The molecular weight excluding hydrogens is 444 g/mol. The number of halogens is 1. The zero-order valence-corrected chi connectivity index (χ0v) is 18.0. The van der Waals surface area contributed by atoms with Gasteiger partial charge in [0.2, 0.25) is 5.76 Å². The van der Waals surface area contributed by atoms with Crippen molar-refractivity contribution in [3.63, 3.8) is 0 Å². The third kappa shape index (κ3) is 4.43. The van der Waals surface area contributed by atoms with Crippen molar-refractivity contribution in [2.75, 3.05) is 44.3 Å². The molecule has 1 aromatic carbocycles. The predicted molar refractivity (Wildman–Crippen MR) is 112 cm³/mol. The summed E-state index contributed by atoms with van der Waals surface area (Å²) in [6, 6.07) is 7.59. The van der Waals surface area contributed by atoms with Crippen LogP contribution in [0.5, 0.6) is 0 Å². The number of anilines is 1. The van der Waals surface area contributed by atoms with E-state index < -0.39 is 0 Å². The molecule has 0 radical (unpaired) electrons. The highest BCUT2D eigenvalue weighted by Gasteiger charge is 2.24. The lowest BCUT2D eigenvalue weighted by Gasteiger charge is -2.27. The summed E-state index contributed by atoms with van der Waals surface area (Å²) in [4.78, 5) is 21.8. The molecule has 1 saturated heterocycles. The number of carbonyl (C=O) groups excluding carboxylic acids is 1. The van der Waals surface area contributed by atoms with E-state index in [-0.39, 0.29) is 11.7 Å². The van der Waals surface area contributed by atoms with Gasteiger partial charge in [0, 0.05) is 36.7 Å². The number of aromatic nitrogens is 2. The zero-order valence-electron chi connectivity index (χ0n) is 15.6. The molecule has 0 atom stereocenters. The van der Waals surface area contributed by atoms with Crippen molar-refractivity contribution in [3.8, 4) is 0 Å². The molecule has 1 aliphatic heterocycles. The second kappa shape index (κ2) is 8.69. The van der Waals surface area contributed by atoms with Crippen molar-refractivity contribution in [3.05, 3.63) is 40.2 Å². The van der Waals surface area contributed by atoms with Crippen molar-refractivity contribution in [1.82, 2.24) is 15.0 Å². The van der Waals surface area contributed by atoms with Gasteiger partial charge in [-0.1, -0.05) is 32.4 Å². The number of benzene rings is 1. The maximum absolute atomic E-state index is 13.1. The Hall–Kier alpha value is -1.81. The maximum Gasteiger partial charge on any atom is 0.298 e. The van der Waals surface area contributed by atoms with Crippen LogP contribution in [-0.2, 0) is 4.74 Å². The molecule has 2 aromatic heterocycles. The van der Waals surface area contributed by atoms with Crippen molar-refractivity contribution in [2.45, 2.75) is 13.3 Å². The van der Waals surface area contributed by atoms with Crippen LogP contribution < -0.4 is 4.90 Å². The van der Waals surface area contributed by atoms with Crippen LogP contribution in [0.15, 0.2) is 33.3 Å². The molecular formula is C19H21BrN4O3S. The second-order valence-electron chi connectivity index (χ2n) is 6.71. The first-order valence-corrected chi connectivity index (χ1v) is 10.8. The molecule has 3 aromatic rings. The lowest BCUT2D eigenvalue weighted by molar-refractivity contribution is 0.0376. The Kier molecular flexibility index (Phi) is 6.05. The number of morpholine rings is 1. The summed E-state index contributed by atoms with van der Waals surface area (Å²) >= 11 is 5.00. The summed E-state index contributed by atoms with van der Waals surface area (Å²) < 4.78 is 12.6. The number of hydrogen-bond donors (Lipinski definition) is 0. The van der Waals surface area contributed by atoms with Crippen molar-refractivity contribution in [2.24, 2.45) is 0 Å².